The fourth-order valence-corrected chi connectivity index (χ4v) is 2.66. The number of pyridine rings is 1. The summed E-state index contributed by atoms with van der Waals surface area (Å²) in [7, 11) is 0. The zero-order valence-electron chi connectivity index (χ0n) is 12.0. The van der Waals surface area contributed by atoms with Crippen LogP contribution in [-0.2, 0) is 6.54 Å². The Morgan fingerprint density at radius 3 is 2.59 bits per heavy atom. The Labute approximate surface area is 137 Å². The van der Waals surface area contributed by atoms with Crippen LogP contribution in [0.4, 0.5) is 0 Å². The van der Waals surface area contributed by atoms with E-state index in [1.807, 2.05) is 12.1 Å². The second-order valence-corrected chi connectivity index (χ2v) is 5.87. The van der Waals surface area contributed by atoms with Crippen LogP contribution in [0.25, 0.3) is 11.4 Å². The molecule has 0 saturated heterocycles. The first-order chi connectivity index (χ1) is 10.8. The smallest absolute Gasteiger partial charge is 0.214 e. The Hall–Kier alpha value is -2.12. The first-order valence-corrected chi connectivity index (χ1v) is 8.36. The highest BCUT2D eigenvalue weighted by molar-refractivity contribution is 7.98. The van der Waals surface area contributed by atoms with Crippen LogP contribution in [-0.4, -0.2) is 26.1 Å². The fourth-order valence-electron chi connectivity index (χ4n) is 2.05. The first-order valence-electron chi connectivity index (χ1n) is 6.72. The maximum atomic E-state index is 5.29. The number of benzene rings is 1. The molecule has 3 aromatic rings. The van der Waals surface area contributed by atoms with Gasteiger partial charge in [-0.2, -0.15) is 5.10 Å². The van der Waals surface area contributed by atoms with Gasteiger partial charge in [-0.3, -0.25) is 4.98 Å². The Bertz CT molecular complexity index is 793. The van der Waals surface area contributed by atoms with Crippen molar-refractivity contribution in [3.05, 3.63) is 59.1 Å². The van der Waals surface area contributed by atoms with Crippen LogP contribution >= 0.6 is 24.0 Å². The summed E-state index contributed by atoms with van der Waals surface area (Å²) in [5.74, 6) is 0.744. The van der Waals surface area contributed by atoms with Crippen LogP contribution in [0.1, 0.15) is 5.56 Å². The van der Waals surface area contributed by atoms with Gasteiger partial charge in [-0.15, -0.1) is 11.8 Å². The molecule has 0 aliphatic heterocycles. The summed E-state index contributed by atoms with van der Waals surface area (Å²) in [6.45, 7) is 0.667. The summed E-state index contributed by atoms with van der Waals surface area (Å²) in [4.78, 5) is 5.27. The number of H-pyrrole nitrogens is 1. The van der Waals surface area contributed by atoms with Crippen LogP contribution in [0, 0.1) is 4.77 Å². The molecule has 0 fully saturated rings. The van der Waals surface area contributed by atoms with Gasteiger partial charge in [-0.05, 0) is 48.3 Å². The van der Waals surface area contributed by atoms with Gasteiger partial charge in [-0.1, -0.05) is 12.1 Å². The largest absolute Gasteiger partial charge is 0.317 e. The van der Waals surface area contributed by atoms with Gasteiger partial charge < -0.3 is 5.43 Å². The quantitative estimate of drug-likeness (QED) is 0.554. The second kappa shape index (κ2) is 6.76. The predicted octanol–water partition coefficient (Wildman–Crippen LogP) is 3.47. The summed E-state index contributed by atoms with van der Waals surface area (Å²) < 4.78 is 2.32. The number of nitrogens with zero attached hydrogens (tertiary/aromatic N) is 3. The topological polar surface area (TPSA) is 58.5 Å². The van der Waals surface area contributed by atoms with E-state index in [0.29, 0.717) is 11.3 Å². The van der Waals surface area contributed by atoms with Gasteiger partial charge in [0.15, 0.2) is 5.82 Å². The molecule has 0 spiro atoms. The van der Waals surface area contributed by atoms with Crippen LogP contribution in [0.3, 0.4) is 0 Å². The molecule has 0 amide bonds. The lowest BCUT2D eigenvalue weighted by Gasteiger charge is -2.10. The third-order valence-corrected chi connectivity index (χ3v) is 4.23. The number of hydrogen-bond donors (Lipinski definition) is 2. The maximum absolute atomic E-state index is 5.29. The molecule has 7 heteroatoms. The molecule has 1 aromatic carbocycles. The molecule has 2 N–H and O–H groups in total. The molecule has 0 bridgehead atoms. The molecule has 2 aromatic heterocycles. The summed E-state index contributed by atoms with van der Waals surface area (Å²) in [5, 5.41) is 7.10. The van der Waals surface area contributed by atoms with E-state index in [0.717, 1.165) is 11.4 Å². The number of hydrogen-bond acceptors (Lipinski definition) is 5. The van der Waals surface area contributed by atoms with Gasteiger partial charge in [0, 0.05) is 22.9 Å². The number of aromatic amines is 1. The van der Waals surface area contributed by atoms with Gasteiger partial charge in [0.2, 0.25) is 4.77 Å². The minimum Gasteiger partial charge on any atom is -0.317 e. The van der Waals surface area contributed by atoms with Crippen molar-refractivity contribution >= 4 is 24.0 Å². The van der Waals surface area contributed by atoms with E-state index in [-0.39, 0.29) is 0 Å². The molecular formula is C15H15N5S2. The number of thioether (sulfide) groups is 1. The number of nitrogens with one attached hydrogen (secondary N) is 2. The maximum Gasteiger partial charge on any atom is 0.214 e. The van der Waals surface area contributed by atoms with E-state index in [9.17, 15) is 0 Å². The lowest BCUT2D eigenvalue weighted by Crippen LogP contribution is -2.15. The van der Waals surface area contributed by atoms with Crippen LogP contribution < -0.4 is 5.43 Å². The third kappa shape index (κ3) is 3.20. The number of rotatable bonds is 5. The van der Waals surface area contributed by atoms with E-state index in [1.54, 1.807) is 28.8 Å². The molecule has 0 unspecified atom stereocenters. The molecule has 0 atom stereocenters. The summed E-state index contributed by atoms with van der Waals surface area (Å²) in [6, 6.07) is 12.2. The van der Waals surface area contributed by atoms with Crippen molar-refractivity contribution in [2.24, 2.45) is 0 Å². The first kappa shape index (κ1) is 14.8. The monoisotopic (exact) mass is 329 g/mol. The van der Waals surface area contributed by atoms with Crippen molar-refractivity contribution < 1.29 is 0 Å². The Kier molecular flexibility index (Phi) is 4.55. The molecule has 0 aliphatic carbocycles. The highest BCUT2D eigenvalue weighted by Crippen LogP contribution is 2.16. The van der Waals surface area contributed by atoms with Crippen molar-refractivity contribution in [1.82, 2.24) is 19.9 Å². The van der Waals surface area contributed by atoms with Crippen molar-refractivity contribution in [1.29, 1.82) is 0 Å². The van der Waals surface area contributed by atoms with Crippen LogP contribution in [0.2, 0.25) is 0 Å². The van der Waals surface area contributed by atoms with E-state index < -0.39 is 0 Å². The highest BCUT2D eigenvalue weighted by Gasteiger charge is 2.08. The van der Waals surface area contributed by atoms with Crippen molar-refractivity contribution in [3.63, 3.8) is 0 Å². The van der Waals surface area contributed by atoms with E-state index in [2.05, 4.69) is 51.1 Å². The summed E-state index contributed by atoms with van der Waals surface area (Å²) in [5.41, 5.74) is 5.44. The Morgan fingerprint density at radius 2 is 1.91 bits per heavy atom. The Morgan fingerprint density at radius 1 is 1.18 bits per heavy atom. The zero-order chi connectivity index (χ0) is 15.4. The highest BCUT2D eigenvalue weighted by atomic mass is 32.2. The SMILES string of the molecule is CSc1ccc(CNn2c(-c3ccncc3)n[nH]c2=S)cc1. The number of aromatic nitrogens is 4. The van der Waals surface area contributed by atoms with Crippen molar-refractivity contribution in [3.8, 4) is 11.4 Å². The van der Waals surface area contributed by atoms with Crippen LogP contribution in [0.15, 0.2) is 53.7 Å². The average molecular weight is 329 g/mol. The molecule has 22 heavy (non-hydrogen) atoms. The van der Waals surface area contributed by atoms with E-state index in [4.69, 9.17) is 12.2 Å². The fraction of sp³-hybridized carbons (Fsp3) is 0.133. The normalized spacial score (nSPS) is 10.6. The lowest BCUT2D eigenvalue weighted by molar-refractivity contribution is 0.831. The molecule has 2 heterocycles. The molecule has 5 nitrogen and oxygen atoms in total. The average Bonchev–Trinajstić information content (AvgIpc) is 2.95. The molecule has 0 radical (unpaired) electrons. The van der Waals surface area contributed by atoms with Gasteiger partial charge >= 0.3 is 0 Å². The predicted molar refractivity (Wildman–Crippen MR) is 91.9 cm³/mol. The molecule has 0 saturated carbocycles. The minimum atomic E-state index is 0.535. The van der Waals surface area contributed by atoms with Crippen molar-refractivity contribution in [2.75, 3.05) is 11.7 Å². The zero-order valence-corrected chi connectivity index (χ0v) is 13.6. The van der Waals surface area contributed by atoms with E-state index in [1.165, 1.54) is 10.5 Å². The van der Waals surface area contributed by atoms with E-state index >= 15 is 0 Å². The Balaban J connectivity index is 1.80. The molecular weight excluding hydrogens is 314 g/mol. The van der Waals surface area contributed by atoms with Crippen LogP contribution in [0.5, 0.6) is 0 Å². The third-order valence-electron chi connectivity index (χ3n) is 3.21. The summed E-state index contributed by atoms with van der Waals surface area (Å²) in [6.07, 6.45) is 5.54. The lowest BCUT2D eigenvalue weighted by atomic mass is 10.2. The van der Waals surface area contributed by atoms with Crippen molar-refractivity contribution in [2.45, 2.75) is 11.4 Å². The van der Waals surface area contributed by atoms with Gasteiger partial charge in [0.05, 0.1) is 6.54 Å². The molecule has 3 rings (SSSR count). The minimum absolute atomic E-state index is 0.535. The van der Waals surface area contributed by atoms with Gasteiger partial charge in [-0.25, -0.2) is 9.77 Å². The standard InChI is InChI=1S/C15H15N5S2/c1-22-13-4-2-11(3-5-13)10-17-20-14(18-19-15(20)21)12-6-8-16-9-7-12/h2-9,17H,10H2,1H3,(H,19,21). The summed E-state index contributed by atoms with van der Waals surface area (Å²) >= 11 is 7.02. The van der Waals surface area contributed by atoms with Gasteiger partial charge in [0.1, 0.15) is 0 Å². The second-order valence-electron chi connectivity index (χ2n) is 4.61. The molecule has 0 aliphatic rings. The molecule has 112 valence electrons. The van der Waals surface area contributed by atoms with Gasteiger partial charge in [0.25, 0.3) is 0 Å².